The van der Waals surface area contributed by atoms with E-state index in [1.807, 2.05) is 33.0 Å². The number of H-pyrrole nitrogens is 1. The Morgan fingerprint density at radius 1 is 1.25 bits per heavy atom. The zero-order valence-electron chi connectivity index (χ0n) is 14.6. The van der Waals surface area contributed by atoms with Gasteiger partial charge in [0.1, 0.15) is 0 Å². The van der Waals surface area contributed by atoms with Gasteiger partial charge < -0.3 is 15.4 Å². The Labute approximate surface area is 142 Å². The number of aryl methyl sites for hydroxylation is 2. The van der Waals surface area contributed by atoms with Crippen molar-refractivity contribution in [3.8, 4) is 0 Å². The molecule has 0 saturated carbocycles. The Balaban J connectivity index is 2.03. The molecule has 0 aliphatic carbocycles. The number of amides is 1. The lowest BCUT2D eigenvalue weighted by atomic mass is 9.88. The SMILES string of the molecule is CCC(CC)(CC(=O)O)NC(=O)CCc1c[nH]c2ccc(C)cc12. The molecule has 0 atom stereocenters. The topological polar surface area (TPSA) is 82.2 Å². The summed E-state index contributed by atoms with van der Waals surface area (Å²) in [5.74, 6) is -0.979. The van der Waals surface area contributed by atoms with Crippen molar-refractivity contribution < 1.29 is 14.7 Å². The lowest BCUT2D eigenvalue weighted by Crippen LogP contribution is -2.49. The number of rotatable bonds is 8. The molecule has 0 aliphatic rings. The van der Waals surface area contributed by atoms with Gasteiger partial charge in [-0.3, -0.25) is 9.59 Å². The zero-order chi connectivity index (χ0) is 17.7. The molecule has 1 heterocycles. The van der Waals surface area contributed by atoms with Crippen LogP contribution in [-0.2, 0) is 16.0 Å². The molecule has 1 aromatic carbocycles. The van der Waals surface area contributed by atoms with Crippen LogP contribution < -0.4 is 5.32 Å². The van der Waals surface area contributed by atoms with Crippen molar-refractivity contribution in [3.63, 3.8) is 0 Å². The van der Waals surface area contributed by atoms with Crippen molar-refractivity contribution in [3.05, 3.63) is 35.5 Å². The predicted octanol–water partition coefficient (Wildman–Crippen LogP) is 3.56. The maximum Gasteiger partial charge on any atom is 0.305 e. The first kappa shape index (κ1) is 18.0. The fraction of sp³-hybridized carbons (Fsp3) is 0.474. The van der Waals surface area contributed by atoms with Crippen LogP contribution in [0.2, 0.25) is 0 Å². The van der Waals surface area contributed by atoms with Gasteiger partial charge in [-0.1, -0.05) is 25.5 Å². The summed E-state index contributed by atoms with van der Waals surface area (Å²) in [5, 5.41) is 13.2. The zero-order valence-corrected chi connectivity index (χ0v) is 14.6. The number of fused-ring (bicyclic) bond motifs is 1. The van der Waals surface area contributed by atoms with Crippen molar-refractivity contribution in [1.82, 2.24) is 10.3 Å². The molecule has 3 N–H and O–H groups in total. The molecule has 1 amide bonds. The molecule has 2 rings (SSSR count). The van der Waals surface area contributed by atoms with Gasteiger partial charge in [0.25, 0.3) is 0 Å². The second-order valence-electron chi connectivity index (χ2n) is 6.47. The quantitative estimate of drug-likeness (QED) is 0.692. The van der Waals surface area contributed by atoms with E-state index in [1.165, 1.54) is 5.56 Å². The Morgan fingerprint density at radius 3 is 2.58 bits per heavy atom. The van der Waals surface area contributed by atoms with Gasteiger partial charge >= 0.3 is 5.97 Å². The summed E-state index contributed by atoms with van der Waals surface area (Å²) < 4.78 is 0. The molecular formula is C19H26N2O3. The molecule has 24 heavy (non-hydrogen) atoms. The van der Waals surface area contributed by atoms with Crippen molar-refractivity contribution in [1.29, 1.82) is 0 Å². The number of hydrogen-bond acceptors (Lipinski definition) is 2. The summed E-state index contributed by atoms with van der Waals surface area (Å²) in [6.45, 7) is 5.87. The smallest absolute Gasteiger partial charge is 0.305 e. The maximum absolute atomic E-state index is 12.3. The number of carboxylic acids is 1. The second-order valence-corrected chi connectivity index (χ2v) is 6.47. The van der Waals surface area contributed by atoms with Gasteiger partial charge in [0.05, 0.1) is 6.42 Å². The summed E-state index contributed by atoms with van der Waals surface area (Å²) in [7, 11) is 0. The van der Waals surface area contributed by atoms with Crippen molar-refractivity contribution in [2.75, 3.05) is 0 Å². The molecule has 0 bridgehead atoms. The Kier molecular flexibility index (Phi) is 5.65. The van der Waals surface area contributed by atoms with E-state index in [0.29, 0.717) is 25.7 Å². The molecule has 0 aliphatic heterocycles. The lowest BCUT2D eigenvalue weighted by Gasteiger charge is -2.31. The molecule has 0 fully saturated rings. The molecule has 2 aromatic rings. The number of hydrogen-bond donors (Lipinski definition) is 3. The van der Waals surface area contributed by atoms with E-state index in [4.69, 9.17) is 5.11 Å². The van der Waals surface area contributed by atoms with Crippen molar-refractivity contribution in [2.45, 2.75) is 58.4 Å². The van der Waals surface area contributed by atoms with E-state index in [-0.39, 0.29) is 12.3 Å². The number of benzene rings is 1. The second kappa shape index (κ2) is 7.51. The summed E-state index contributed by atoms with van der Waals surface area (Å²) in [5.41, 5.74) is 2.71. The Hall–Kier alpha value is -2.30. The molecule has 0 spiro atoms. The Bertz CT molecular complexity index is 729. The van der Waals surface area contributed by atoms with Crippen molar-refractivity contribution >= 4 is 22.8 Å². The number of aromatic amines is 1. The van der Waals surface area contributed by atoms with E-state index in [2.05, 4.69) is 22.4 Å². The number of aromatic nitrogens is 1. The first-order valence-electron chi connectivity index (χ1n) is 8.48. The maximum atomic E-state index is 12.3. The van der Waals surface area contributed by atoms with Crippen LogP contribution in [0.5, 0.6) is 0 Å². The fourth-order valence-corrected chi connectivity index (χ4v) is 3.12. The molecule has 0 radical (unpaired) electrons. The highest BCUT2D eigenvalue weighted by Crippen LogP contribution is 2.22. The molecular weight excluding hydrogens is 304 g/mol. The number of carbonyl (C=O) groups excluding carboxylic acids is 1. The van der Waals surface area contributed by atoms with Crippen LogP contribution in [0.3, 0.4) is 0 Å². The first-order valence-corrected chi connectivity index (χ1v) is 8.48. The first-order chi connectivity index (χ1) is 11.4. The summed E-state index contributed by atoms with van der Waals surface area (Å²) in [6, 6.07) is 6.21. The van der Waals surface area contributed by atoms with E-state index in [0.717, 1.165) is 16.5 Å². The highest BCUT2D eigenvalue weighted by molar-refractivity contribution is 5.85. The van der Waals surface area contributed by atoms with Crippen LogP contribution in [0.25, 0.3) is 10.9 Å². The standard InChI is InChI=1S/C19H26N2O3/c1-4-19(5-2,11-18(23)24)21-17(22)9-7-14-12-20-16-8-6-13(3)10-15(14)16/h6,8,10,12,20H,4-5,7,9,11H2,1-3H3,(H,21,22)(H,23,24). The van der Waals surface area contributed by atoms with Gasteiger partial charge in [-0.25, -0.2) is 0 Å². The van der Waals surface area contributed by atoms with E-state index < -0.39 is 11.5 Å². The number of nitrogens with one attached hydrogen (secondary N) is 2. The van der Waals surface area contributed by atoms with E-state index >= 15 is 0 Å². The predicted molar refractivity (Wildman–Crippen MR) is 95.1 cm³/mol. The van der Waals surface area contributed by atoms with Crippen LogP contribution in [0.4, 0.5) is 0 Å². The molecule has 5 heteroatoms. The highest BCUT2D eigenvalue weighted by Gasteiger charge is 2.30. The monoisotopic (exact) mass is 330 g/mol. The third-order valence-electron chi connectivity index (χ3n) is 4.79. The summed E-state index contributed by atoms with van der Waals surface area (Å²) in [4.78, 5) is 26.7. The van der Waals surface area contributed by atoms with Crippen molar-refractivity contribution in [2.24, 2.45) is 0 Å². The van der Waals surface area contributed by atoms with Crippen LogP contribution in [0.15, 0.2) is 24.4 Å². The van der Waals surface area contributed by atoms with Gasteiger partial charge in [0.2, 0.25) is 5.91 Å². The van der Waals surface area contributed by atoms with Crippen LogP contribution in [0, 0.1) is 6.92 Å². The molecule has 0 saturated heterocycles. The van der Waals surface area contributed by atoms with E-state index in [9.17, 15) is 9.59 Å². The Morgan fingerprint density at radius 2 is 1.96 bits per heavy atom. The number of carbonyl (C=O) groups is 2. The summed E-state index contributed by atoms with van der Waals surface area (Å²) in [6.07, 6.45) is 4.09. The largest absolute Gasteiger partial charge is 0.481 e. The minimum Gasteiger partial charge on any atom is -0.481 e. The normalized spacial score (nSPS) is 11.6. The minimum absolute atomic E-state index is 0.0436. The molecule has 1 aromatic heterocycles. The minimum atomic E-state index is -0.883. The van der Waals surface area contributed by atoms with Gasteiger partial charge in [0.15, 0.2) is 0 Å². The van der Waals surface area contributed by atoms with Crippen LogP contribution >= 0.6 is 0 Å². The molecule has 0 unspecified atom stereocenters. The highest BCUT2D eigenvalue weighted by atomic mass is 16.4. The van der Waals surface area contributed by atoms with Crippen LogP contribution in [-0.4, -0.2) is 27.5 Å². The van der Waals surface area contributed by atoms with Crippen LogP contribution in [0.1, 0.15) is 50.7 Å². The van der Waals surface area contributed by atoms with Gasteiger partial charge in [-0.05, 0) is 43.9 Å². The van der Waals surface area contributed by atoms with E-state index in [1.54, 1.807) is 0 Å². The lowest BCUT2D eigenvalue weighted by molar-refractivity contribution is -0.139. The van der Waals surface area contributed by atoms with Gasteiger partial charge in [0, 0.05) is 29.1 Å². The third-order valence-corrected chi connectivity index (χ3v) is 4.79. The average molecular weight is 330 g/mol. The average Bonchev–Trinajstić information content (AvgIpc) is 2.94. The van der Waals surface area contributed by atoms with Gasteiger partial charge in [-0.15, -0.1) is 0 Å². The fourth-order valence-electron chi connectivity index (χ4n) is 3.12. The number of carboxylic acid groups (broad SMARTS) is 1. The number of aliphatic carboxylic acids is 1. The van der Waals surface area contributed by atoms with Gasteiger partial charge in [-0.2, -0.15) is 0 Å². The third kappa shape index (κ3) is 4.16. The summed E-state index contributed by atoms with van der Waals surface area (Å²) >= 11 is 0. The molecule has 130 valence electrons. The molecule has 5 nitrogen and oxygen atoms in total.